The summed E-state index contributed by atoms with van der Waals surface area (Å²) in [6, 6.07) is 3.78. The molecule has 0 aliphatic carbocycles. The molecule has 88 valence electrons. The number of aromatic nitrogens is 3. The van der Waals surface area contributed by atoms with Gasteiger partial charge in [0, 0.05) is 12.4 Å². The van der Waals surface area contributed by atoms with Crippen molar-refractivity contribution in [2.24, 2.45) is 0 Å². The van der Waals surface area contributed by atoms with Gasteiger partial charge in [0.05, 0.1) is 17.8 Å². The van der Waals surface area contributed by atoms with Crippen molar-refractivity contribution in [2.75, 3.05) is 0 Å². The largest absolute Gasteiger partial charge is 0.408 e. The van der Waals surface area contributed by atoms with Crippen LogP contribution in [0.5, 0.6) is 0 Å². The average Bonchev–Trinajstić information content (AvgIpc) is 2.69. The molecule has 0 spiro atoms. The molecule has 2 heterocycles. The number of nitro groups is 1. The van der Waals surface area contributed by atoms with Gasteiger partial charge < -0.3 is 10.1 Å². The Bertz CT molecular complexity index is 526. The lowest BCUT2D eigenvalue weighted by atomic mass is 10.2. The molecule has 0 amide bonds. The summed E-state index contributed by atoms with van der Waals surface area (Å²) in [5, 5.41) is 14.4. The second-order valence-corrected chi connectivity index (χ2v) is 3.83. The second kappa shape index (κ2) is 4.92. The highest BCUT2D eigenvalue weighted by Gasteiger charge is 2.18. The highest BCUT2D eigenvalue weighted by atomic mass is 35.5. The van der Waals surface area contributed by atoms with E-state index in [1.165, 1.54) is 10.9 Å². The zero-order valence-corrected chi connectivity index (χ0v) is 9.54. The van der Waals surface area contributed by atoms with E-state index in [1.54, 1.807) is 12.4 Å². The Kier molecular flexibility index (Phi) is 3.34. The standard InChI is InChI=1S/C10H9ClN4O2/c11-9-7-14(13-10(9)15(16)17)6-3-8-1-4-12-5-2-8/h1-2,4-5,7H,3,6H2. The van der Waals surface area contributed by atoms with Gasteiger partial charge in [0.2, 0.25) is 0 Å². The smallest absolute Gasteiger partial charge is 0.358 e. The number of hydrogen-bond acceptors (Lipinski definition) is 4. The van der Waals surface area contributed by atoms with Crippen LogP contribution in [0.4, 0.5) is 5.82 Å². The Morgan fingerprint density at radius 1 is 1.41 bits per heavy atom. The number of pyridine rings is 1. The van der Waals surface area contributed by atoms with Gasteiger partial charge in [-0.2, -0.15) is 4.68 Å². The van der Waals surface area contributed by atoms with Gasteiger partial charge in [0.25, 0.3) is 0 Å². The molecule has 0 aliphatic heterocycles. The second-order valence-electron chi connectivity index (χ2n) is 3.43. The lowest BCUT2D eigenvalue weighted by Crippen LogP contribution is -2.02. The van der Waals surface area contributed by atoms with Crippen LogP contribution in [0.2, 0.25) is 5.02 Å². The monoisotopic (exact) mass is 252 g/mol. The molecular formula is C10H9ClN4O2. The van der Waals surface area contributed by atoms with Crippen LogP contribution in [-0.4, -0.2) is 19.7 Å². The van der Waals surface area contributed by atoms with Gasteiger partial charge in [0.1, 0.15) is 0 Å². The van der Waals surface area contributed by atoms with Gasteiger partial charge in [-0.25, -0.2) is 0 Å². The van der Waals surface area contributed by atoms with E-state index in [-0.39, 0.29) is 10.8 Å². The van der Waals surface area contributed by atoms with Gasteiger partial charge >= 0.3 is 5.82 Å². The Balaban J connectivity index is 2.05. The van der Waals surface area contributed by atoms with Crippen LogP contribution in [0.3, 0.4) is 0 Å². The third-order valence-electron chi connectivity index (χ3n) is 2.25. The number of aryl methyl sites for hydroxylation is 2. The maximum absolute atomic E-state index is 10.5. The first-order valence-electron chi connectivity index (χ1n) is 4.93. The van der Waals surface area contributed by atoms with Crippen molar-refractivity contribution < 1.29 is 4.92 Å². The summed E-state index contributed by atoms with van der Waals surface area (Å²) >= 11 is 5.69. The fourth-order valence-electron chi connectivity index (χ4n) is 1.42. The third kappa shape index (κ3) is 2.79. The summed E-state index contributed by atoms with van der Waals surface area (Å²) in [5.74, 6) is -0.304. The molecule has 7 heteroatoms. The minimum atomic E-state index is -0.592. The minimum absolute atomic E-state index is 0.0599. The van der Waals surface area contributed by atoms with Crippen molar-refractivity contribution in [3.05, 3.63) is 51.4 Å². The number of hydrogen-bond donors (Lipinski definition) is 0. The molecule has 0 bridgehead atoms. The first-order valence-corrected chi connectivity index (χ1v) is 5.31. The van der Waals surface area contributed by atoms with Crippen molar-refractivity contribution in [1.29, 1.82) is 0 Å². The van der Waals surface area contributed by atoms with Crippen LogP contribution < -0.4 is 0 Å². The number of halogens is 1. The highest BCUT2D eigenvalue weighted by molar-refractivity contribution is 6.32. The van der Waals surface area contributed by atoms with Gasteiger partial charge in [-0.05, 0) is 29.0 Å². The molecule has 0 saturated carbocycles. The molecule has 0 N–H and O–H groups in total. The van der Waals surface area contributed by atoms with Crippen molar-refractivity contribution in [2.45, 2.75) is 13.0 Å². The van der Waals surface area contributed by atoms with Crippen LogP contribution >= 0.6 is 11.6 Å². The third-order valence-corrected chi connectivity index (χ3v) is 2.52. The van der Waals surface area contributed by atoms with E-state index < -0.39 is 4.92 Å². The highest BCUT2D eigenvalue weighted by Crippen LogP contribution is 2.21. The summed E-state index contributed by atoms with van der Waals surface area (Å²) in [4.78, 5) is 13.9. The normalized spacial score (nSPS) is 10.4. The predicted molar refractivity (Wildman–Crippen MR) is 61.8 cm³/mol. The minimum Gasteiger partial charge on any atom is -0.358 e. The molecule has 0 saturated heterocycles. The van der Waals surface area contributed by atoms with E-state index in [0.717, 1.165) is 12.0 Å². The first kappa shape index (κ1) is 11.5. The quantitative estimate of drug-likeness (QED) is 0.617. The molecule has 0 aromatic carbocycles. The van der Waals surface area contributed by atoms with Gasteiger partial charge in [0.15, 0.2) is 5.02 Å². The molecule has 0 atom stereocenters. The van der Waals surface area contributed by atoms with Crippen LogP contribution in [0.25, 0.3) is 0 Å². The van der Waals surface area contributed by atoms with E-state index >= 15 is 0 Å². The van der Waals surface area contributed by atoms with Crippen LogP contribution in [-0.2, 0) is 13.0 Å². The lowest BCUT2D eigenvalue weighted by molar-refractivity contribution is -0.389. The molecule has 0 aliphatic rings. The molecule has 6 nitrogen and oxygen atoms in total. The first-order chi connectivity index (χ1) is 8.16. The van der Waals surface area contributed by atoms with Crippen molar-refractivity contribution >= 4 is 17.4 Å². The number of nitrogens with zero attached hydrogens (tertiary/aromatic N) is 4. The van der Waals surface area contributed by atoms with E-state index in [9.17, 15) is 10.1 Å². The fraction of sp³-hybridized carbons (Fsp3) is 0.200. The van der Waals surface area contributed by atoms with Crippen LogP contribution in [0.15, 0.2) is 30.7 Å². The molecule has 2 aromatic rings. The molecule has 0 fully saturated rings. The summed E-state index contributed by atoms with van der Waals surface area (Å²) < 4.78 is 1.47. The molecule has 0 unspecified atom stereocenters. The zero-order valence-electron chi connectivity index (χ0n) is 8.78. The Labute approximate surface area is 102 Å². The maximum Gasteiger partial charge on any atom is 0.408 e. The molecule has 17 heavy (non-hydrogen) atoms. The predicted octanol–water partition coefficient (Wildman–Crippen LogP) is 2.08. The topological polar surface area (TPSA) is 73.8 Å². The summed E-state index contributed by atoms with van der Waals surface area (Å²) in [6.45, 7) is 0.539. The van der Waals surface area contributed by atoms with Gasteiger partial charge in [-0.15, -0.1) is 0 Å². The van der Waals surface area contributed by atoms with Crippen LogP contribution in [0, 0.1) is 10.1 Å². The fourth-order valence-corrected chi connectivity index (χ4v) is 1.64. The van der Waals surface area contributed by atoms with Crippen molar-refractivity contribution in [1.82, 2.24) is 14.8 Å². The SMILES string of the molecule is O=[N+]([O-])c1nn(CCc2ccncc2)cc1Cl. The maximum atomic E-state index is 10.5. The lowest BCUT2D eigenvalue weighted by Gasteiger charge is -1.97. The van der Waals surface area contributed by atoms with Gasteiger partial charge in [-0.1, -0.05) is 11.6 Å². The van der Waals surface area contributed by atoms with Crippen molar-refractivity contribution in [3.8, 4) is 0 Å². The molecule has 2 rings (SSSR count). The van der Waals surface area contributed by atoms with Crippen LogP contribution in [0.1, 0.15) is 5.56 Å². The Morgan fingerprint density at radius 3 is 2.71 bits per heavy atom. The molecular weight excluding hydrogens is 244 g/mol. The average molecular weight is 253 g/mol. The molecule has 0 radical (unpaired) electrons. The van der Waals surface area contributed by atoms with Gasteiger partial charge in [-0.3, -0.25) is 4.98 Å². The Morgan fingerprint density at radius 2 is 2.12 bits per heavy atom. The summed E-state index contributed by atoms with van der Waals surface area (Å²) in [5.41, 5.74) is 1.09. The molecule has 2 aromatic heterocycles. The van der Waals surface area contributed by atoms with E-state index in [2.05, 4.69) is 10.1 Å². The Hall–Kier alpha value is -1.95. The number of rotatable bonds is 4. The van der Waals surface area contributed by atoms with Crippen molar-refractivity contribution in [3.63, 3.8) is 0 Å². The summed E-state index contributed by atoms with van der Waals surface area (Å²) in [7, 11) is 0. The zero-order chi connectivity index (χ0) is 12.3. The van der Waals surface area contributed by atoms with E-state index in [0.29, 0.717) is 6.54 Å². The van der Waals surface area contributed by atoms with E-state index in [1.807, 2.05) is 12.1 Å². The summed E-state index contributed by atoms with van der Waals surface area (Å²) in [6.07, 6.45) is 5.58. The van der Waals surface area contributed by atoms with E-state index in [4.69, 9.17) is 11.6 Å².